The average molecular weight is 413 g/mol. The quantitative estimate of drug-likeness (QED) is 0.366. The van der Waals surface area contributed by atoms with Crippen molar-refractivity contribution in [3.63, 3.8) is 0 Å². The van der Waals surface area contributed by atoms with Crippen LogP contribution in [0.25, 0.3) is 10.3 Å². The molecule has 6 heteroatoms. The number of pyridine rings is 1. The molecule has 0 spiro atoms. The monoisotopic (exact) mass is 412 g/mol. The van der Waals surface area contributed by atoms with Gasteiger partial charge in [-0.3, -0.25) is 4.68 Å². The summed E-state index contributed by atoms with van der Waals surface area (Å²) in [5, 5.41) is 5.21. The Balaban J connectivity index is 0.000000644. The van der Waals surface area contributed by atoms with Gasteiger partial charge in [-0.15, -0.1) is 0 Å². The number of hydrogen-bond donors (Lipinski definition) is 0. The van der Waals surface area contributed by atoms with Crippen molar-refractivity contribution in [2.24, 2.45) is 7.05 Å². The van der Waals surface area contributed by atoms with E-state index in [1.54, 1.807) is 16.0 Å². The summed E-state index contributed by atoms with van der Waals surface area (Å²) in [7, 11) is 1.91. The predicted molar refractivity (Wildman–Crippen MR) is 124 cm³/mol. The molecule has 0 amide bonds. The Labute approximate surface area is 178 Å². The predicted octanol–water partition coefficient (Wildman–Crippen LogP) is 6.89. The first kappa shape index (κ1) is 24.3. The number of para-hydroxylation sites is 1. The number of ether oxygens (including phenoxy) is 1. The zero-order valence-corrected chi connectivity index (χ0v) is 19.3. The van der Waals surface area contributed by atoms with Crippen molar-refractivity contribution in [2.45, 2.75) is 48.0 Å². The van der Waals surface area contributed by atoms with Crippen molar-refractivity contribution in [1.29, 1.82) is 0 Å². The fraction of sp³-hybridized carbons (Fsp3) is 0.348. The van der Waals surface area contributed by atoms with Gasteiger partial charge in [0.15, 0.2) is 0 Å². The summed E-state index contributed by atoms with van der Waals surface area (Å²) in [4.78, 5) is 10.1. The van der Waals surface area contributed by atoms with E-state index in [0.29, 0.717) is 5.88 Å². The van der Waals surface area contributed by atoms with Crippen molar-refractivity contribution < 1.29 is 4.74 Å². The zero-order chi connectivity index (χ0) is 21.6. The highest BCUT2D eigenvalue weighted by Crippen LogP contribution is 2.26. The Hall–Kier alpha value is -2.73. The number of aryl methyl sites for hydroxylation is 1. The minimum absolute atomic E-state index is 0.584. The number of fused-ring (bicyclic) bond motifs is 1. The summed E-state index contributed by atoms with van der Waals surface area (Å²) in [6, 6.07) is 13.4. The molecule has 29 heavy (non-hydrogen) atoms. The lowest BCUT2D eigenvalue weighted by atomic mass is 10.3. The van der Waals surface area contributed by atoms with E-state index in [-0.39, 0.29) is 0 Å². The van der Waals surface area contributed by atoms with E-state index in [1.165, 1.54) is 0 Å². The Morgan fingerprint density at radius 1 is 0.897 bits per heavy atom. The van der Waals surface area contributed by atoms with Crippen molar-refractivity contribution in [3.05, 3.63) is 65.4 Å². The Kier molecular flexibility index (Phi) is 11.3. The van der Waals surface area contributed by atoms with Gasteiger partial charge in [-0.2, -0.15) is 5.10 Å². The number of thiazole rings is 1. The Morgan fingerprint density at radius 2 is 1.59 bits per heavy atom. The van der Waals surface area contributed by atoms with Crippen LogP contribution >= 0.6 is 11.3 Å². The fourth-order valence-electron chi connectivity index (χ4n) is 2.32. The van der Waals surface area contributed by atoms with Gasteiger partial charge in [0, 0.05) is 25.7 Å². The first-order valence-corrected chi connectivity index (χ1v) is 11.0. The van der Waals surface area contributed by atoms with Crippen molar-refractivity contribution in [2.75, 3.05) is 0 Å². The molecule has 4 aromatic rings. The topological polar surface area (TPSA) is 52.8 Å². The molecule has 0 aliphatic carbocycles. The summed E-state index contributed by atoms with van der Waals surface area (Å²) < 4.78 is 7.57. The van der Waals surface area contributed by atoms with Crippen LogP contribution in [0, 0.1) is 0 Å². The van der Waals surface area contributed by atoms with Crippen LogP contribution in [0.3, 0.4) is 0 Å². The van der Waals surface area contributed by atoms with Gasteiger partial charge in [0.1, 0.15) is 16.1 Å². The van der Waals surface area contributed by atoms with E-state index < -0.39 is 0 Å². The summed E-state index contributed by atoms with van der Waals surface area (Å²) in [6.45, 7) is 12.0. The summed E-state index contributed by atoms with van der Waals surface area (Å²) in [5.74, 6) is 1.36. The SMILES string of the molecule is CC.CC.CC.Cn1cc(Cc2nc3ccc(Oc4ccccc4)nc3s2)cn1. The standard InChI is InChI=1S/C17H14N4OS.3C2H6/c1-21-11-12(10-18-21)9-16-19-14-7-8-15(20-17(14)23-16)22-13-5-3-2-4-6-13;3*1-2/h2-8,10-11H,9H2,1H3;3*1-2H3. The van der Waals surface area contributed by atoms with Crippen LogP contribution in [0.5, 0.6) is 11.6 Å². The molecular formula is C23H32N4OS. The van der Waals surface area contributed by atoms with Crippen LogP contribution in [0.4, 0.5) is 0 Å². The number of hydrogen-bond acceptors (Lipinski definition) is 5. The number of aromatic nitrogens is 4. The van der Waals surface area contributed by atoms with E-state index in [2.05, 4.69) is 15.1 Å². The third-order valence-corrected chi connectivity index (χ3v) is 4.32. The van der Waals surface area contributed by atoms with Crippen molar-refractivity contribution >= 4 is 21.7 Å². The maximum absolute atomic E-state index is 5.77. The van der Waals surface area contributed by atoms with Gasteiger partial charge in [0.05, 0.1) is 11.2 Å². The molecule has 156 valence electrons. The molecule has 3 aromatic heterocycles. The zero-order valence-electron chi connectivity index (χ0n) is 18.5. The third-order valence-electron chi connectivity index (χ3n) is 3.35. The number of benzene rings is 1. The fourth-order valence-corrected chi connectivity index (χ4v) is 3.28. The Bertz CT molecular complexity index is 948. The van der Waals surface area contributed by atoms with Gasteiger partial charge in [-0.1, -0.05) is 71.1 Å². The van der Waals surface area contributed by atoms with Crippen LogP contribution in [0.2, 0.25) is 0 Å². The highest BCUT2D eigenvalue weighted by Gasteiger charge is 2.09. The second-order valence-electron chi connectivity index (χ2n) is 5.20. The summed E-state index contributed by atoms with van der Waals surface area (Å²) >= 11 is 1.59. The van der Waals surface area contributed by atoms with Crippen LogP contribution in [-0.2, 0) is 13.5 Å². The second kappa shape index (κ2) is 13.4. The highest BCUT2D eigenvalue weighted by atomic mass is 32.1. The van der Waals surface area contributed by atoms with E-state index in [0.717, 1.165) is 33.1 Å². The molecule has 4 rings (SSSR count). The molecule has 0 radical (unpaired) electrons. The molecule has 0 aliphatic heterocycles. The van der Waals surface area contributed by atoms with Crippen LogP contribution in [0.1, 0.15) is 52.1 Å². The van der Waals surface area contributed by atoms with Gasteiger partial charge in [-0.05, 0) is 23.8 Å². The third kappa shape index (κ3) is 7.31. The number of rotatable bonds is 4. The minimum Gasteiger partial charge on any atom is -0.439 e. The van der Waals surface area contributed by atoms with Gasteiger partial charge < -0.3 is 4.74 Å². The molecule has 3 heterocycles. The molecule has 0 unspecified atom stereocenters. The summed E-state index contributed by atoms with van der Waals surface area (Å²) in [6.07, 6.45) is 4.64. The molecular weight excluding hydrogens is 380 g/mol. The average Bonchev–Trinajstić information content (AvgIpc) is 3.38. The Morgan fingerprint density at radius 3 is 2.21 bits per heavy atom. The van der Waals surface area contributed by atoms with E-state index in [9.17, 15) is 0 Å². The summed E-state index contributed by atoms with van der Waals surface area (Å²) in [5.41, 5.74) is 2.04. The number of nitrogens with zero attached hydrogens (tertiary/aromatic N) is 4. The lowest BCUT2D eigenvalue weighted by molar-refractivity contribution is 0.465. The smallest absolute Gasteiger partial charge is 0.220 e. The first-order chi connectivity index (χ1) is 14.3. The molecule has 0 atom stereocenters. The van der Waals surface area contributed by atoms with Crippen LogP contribution < -0.4 is 4.74 Å². The maximum Gasteiger partial charge on any atom is 0.220 e. The largest absolute Gasteiger partial charge is 0.439 e. The van der Waals surface area contributed by atoms with Gasteiger partial charge in [0.2, 0.25) is 5.88 Å². The minimum atomic E-state index is 0.584. The molecule has 5 nitrogen and oxygen atoms in total. The normalized spacial score (nSPS) is 9.34. The van der Waals surface area contributed by atoms with Crippen LogP contribution in [0.15, 0.2) is 54.9 Å². The van der Waals surface area contributed by atoms with Gasteiger partial charge in [-0.25, -0.2) is 9.97 Å². The van der Waals surface area contributed by atoms with E-state index in [1.807, 2.05) is 103 Å². The molecule has 1 aromatic carbocycles. The van der Waals surface area contributed by atoms with Crippen molar-refractivity contribution in [3.8, 4) is 11.6 Å². The molecule has 0 aliphatic rings. The molecule has 0 saturated heterocycles. The molecule has 0 saturated carbocycles. The lowest BCUT2D eigenvalue weighted by Gasteiger charge is -2.03. The first-order valence-electron chi connectivity index (χ1n) is 10.2. The van der Waals surface area contributed by atoms with Gasteiger partial charge in [0.25, 0.3) is 0 Å². The van der Waals surface area contributed by atoms with E-state index in [4.69, 9.17) is 4.74 Å². The highest BCUT2D eigenvalue weighted by molar-refractivity contribution is 7.18. The molecule has 0 fully saturated rings. The molecule has 0 bridgehead atoms. The molecule has 0 N–H and O–H groups in total. The van der Waals surface area contributed by atoms with Crippen molar-refractivity contribution in [1.82, 2.24) is 19.7 Å². The van der Waals surface area contributed by atoms with Crippen LogP contribution in [-0.4, -0.2) is 19.7 Å². The maximum atomic E-state index is 5.77. The lowest BCUT2D eigenvalue weighted by Crippen LogP contribution is -1.87. The second-order valence-corrected chi connectivity index (χ2v) is 6.26. The van der Waals surface area contributed by atoms with Gasteiger partial charge >= 0.3 is 0 Å². The van der Waals surface area contributed by atoms with E-state index >= 15 is 0 Å².